The van der Waals surface area contributed by atoms with Crippen molar-refractivity contribution in [2.45, 2.75) is 77.5 Å². The van der Waals surface area contributed by atoms with Crippen LogP contribution >= 0.6 is 0 Å². The Balaban J connectivity index is 1.53. The van der Waals surface area contributed by atoms with E-state index in [2.05, 4.69) is 10.3 Å². The molecule has 1 saturated carbocycles. The zero-order valence-corrected chi connectivity index (χ0v) is 17.0. The summed E-state index contributed by atoms with van der Waals surface area (Å²) in [5.41, 5.74) is 0.670. The first-order chi connectivity index (χ1) is 13.3. The van der Waals surface area contributed by atoms with E-state index in [1.165, 1.54) is 6.92 Å². The molecule has 1 heterocycles. The molecule has 1 amide bonds. The molecule has 7 heteroatoms. The Morgan fingerprint density at radius 3 is 2.57 bits per heavy atom. The zero-order chi connectivity index (χ0) is 20.3. The summed E-state index contributed by atoms with van der Waals surface area (Å²) < 4.78 is 32.1. The van der Waals surface area contributed by atoms with E-state index in [1.54, 1.807) is 12.1 Å². The Bertz CT molecular complexity index is 812. The van der Waals surface area contributed by atoms with Crippen LogP contribution in [0, 0.1) is 5.82 Å². The third-order valence-electron chi connectivity index (χ3n) is 4.92. The molecule has 0 aliphatic heterocycles. The standard InChI is InChI=1S/C21H29FN2O4/c1-12(2)21-24-17-9-10-18(19(22)20(17)28-21)27-16-7-5-15(6-8-16)26-11-13(3)23-14(4)25/h9-10,12-13,15-16H,5-8,11H2,1-4H3,(H,23,25)/t13-,15-,16-/m0/s1. The number of hydrogen-bond donors (Lipinski definition) is 1. The summed E-state index contributed by atoms with van der Waals surface area (Å²) in [6.45, 7) is 7.82. The minimum absolute atomic E-state index is 0.00932. The Labute approximate surface area is 164 Å². The van der Waals surface area contributed by atoms with Gasteiger partial charge < -0.3 is 19.2 Å². The summed E-state index contributed by atoms with van der Waals surface area (Å²) in [5.74, 6) is 0.290. The van der Waals surface area contributed by atoms with Crippen molar-refractivity contribution in [3.8, 4) is 5.75 Å². The van der Waals surface area contributed by atoms with Gasteiger partial charge in [0.1, 0.15) is 5.52 Å². The van der Waals surface area contributed by atoms with Gasteiger partial charge in [-0.3, -0.25) is 4.79 Å². The fourth-order valence-electron chi connectivity index (χ4n) is 3.46. The van der Waals surface area contributed by atoms with Gasteiger partial charge in [-0.15, -0.1) is 0 Å². The topological polar surface area (TPSA) is 73.6 Å². The van der Waals surface area contributed by atoms with Crippen LogP contribution in [0.4, 0.5) is 4.39 Å². The lowest BCUT2D eigenvalue weighted by molar-refractivity contribution is -0.120. The van der Waals surface area contributed by atoms with E-state index in [-0.39, 0.29) is 41.4 Å². The normalized spacial score (nSPS) is 21.1. The lowest BCUT2D eigenvalue weighted by Crippen LogP contribution is -2.36. The van der Waals surface area contributed by atoms with E-state index < -0.39 is 5.82 Å². The molecule has 6 nitrogen and oxygen atoms in total. The van der Waals surface area contributed by atoms with Crippen LogP contribution in [0.5, 0.6) is 5.75 Å². The smallest absolute Gasteiger partial charge is 0.217 e. The first kappa shape index (κ1) is 20.6. The number of halogens is 1. The van der Waals surface area contributed by atoms with Gasteiger partial charge in [0.2, 0.25) is 11.7 Å². The monoisotopic (exact) mass is 392 g/mol. The van der Waals surface area contributed by atoms with Crippen molar-refractivity contribution in [1.82, 2.24) is 10.3 Å². The average molecular weight is 392 g/mol. The van der Waals surface area contributed by atoms with Crippen LogP contribution < -0.4 is 10.1 Å². The Morgan fingerprint density at radius 2 is 1.93 bits per heavy atom. The third kappa shape index (κ3) is 5.01. The highest BCUT2D eigenvalue weighted by Crippen LogP contribution is 2.32. The Hall–Kier alpha value is -2.15. The van der Waals surface area contributed by atoms with Gasteiger partial charge in [0.15, 0.2) is 17.2 Å². The molecule has 0 unspecified atom stereocenters. The number of ether oxygens (including phenoxy) is 2. The van der Waals surface area contributed by atoms with Gasteiger partial charge in [-0.1, -0.05) is 13.8 Å². The van der Waals surface area contributed by atoms with Gasteiger partial charge in [-0.25, -0.2) is 4.98 Å². The predicted molar refractivity (Wildman–Crippen MR) is 104 cm³/mol. The Morgan fingerprint density at radius 1 is 1.25 bits per heavy atom. The molecule has 28 heavy (non-hydrogen) atoms. The van der Waals surface area contributed by atoms with Crippen LogP contribution in [-0.2, 0) is 9.53 Å². The van der Waals surface area contributed by atoms with Crippen LogP contribution in [-0.4, -0.2) is 35.7 Å². The average Bonchev–Trinajstić information content (AvgIpc) is 3.08. The van der Waals surface area contributed by atoms with Crippen LogP contribution in [0.15, 0.2) is 16.5 Å². The first-order valence-electron chi connectivity index (χ1n) is 9.97. The number of nitrogens with zero attached hydrogens (tertiary/aromatic N) is 1. The summed E-state index contributed by atoms with van der Waals surface area (Å²) in [6.07, 6.45) is 3.38. The second-order valence-electron chi connectivity index (χ2n) is 7.88. The second-order valence-corrected chi connectivity index (χ2v) is 7.88. The SMILES string of the molecule is CC(=O)N[C@@H](C)CO[C@H]1CC[C@H](Oc2ccc3nc(C(C)C)oc3c2F)CC1. The Kier molecular flexibility index (Phi) is 6.54. The van der Waals surface area contributed by atoms with Gasteiger partial charge in [0.05, 0.1) is 18.8 Å². The van der Waals surface area contributed by atoms with Crippen LogP contribution in [0.25, 0.3) is 11.1 Å². The van der Waals surface area contributed by atoms with Crippen molar-refractivity contribution in [2.24, 2.45) is 0 Å². The van der Waals surface area contributed by atoms with E-state index in [9.17, 15) is 9.18 Å². The molecule has 1 aliphatic carbocycles. The number of oxazole rings is 1. The molecule has 1 N–H and O–H groups in total. The number of nitrogens with one attached hydrogen (secondary N) is 1. The fraction of sp³-hybridized carbons (Fsp3) is 0.619. The molecular formula is C21H29FN2O4. The van der Waals surface area contributed by atoms with Crippen molar-refractivity contribution in [3.63, 3.8) is 0 Å². The predicted octanol–water partition coefficient (Wildman–Crippen LogP) is 4.32. The molecule has 1 aliphatic rings. The highest BCUT2D eigenvalue weighted by molar-refractivity contribution is 5.75. The molecule has 0 saturated heterocycles. The zero-order valence-electron chi connectivity index (χ0n) is 17.0. The van der Waals surface area contributed by atoms with Crippen LogP contribution in [0.2, 0.25) is 0 Å². The van der Waals surface area contributed by atoms with Gasteiger partial charge in [-0.2, -0.15) is 4.39 Å². The lowest BCUT2D eigenvalue weighted by atomic mass is 9.95. The maximum Gasteiger partial charge on any atom is 0.217 e. The minimum atomic E-state index is -0.487. The number of fused-ring (bicyclic) bond motifs is 1. The van der Waals surface area contributed by atoms with E-state index in [0.717, 1.165) is 25.7 Å². The van der Waals surface area contributed by atoms with Crippen LogP contribution in [0.3, 0.4) is 0 Å². The summed E-state index contributed by atoms with van der Waals surface area (Å²) in [5, 5.41) is 2.81. The van der Waals surface area contributed by atoms with Crippen LogP contribution in [0.1, 0.15) is 65.2 Å². The van der Waals surface area contributed by atoms with E-state index >= 15 is 0 Å². The summed E-state index contributed by atoms with van der Waals surface area (Å²) in [6, 6.07) is 3.36. The molecule has 1 fully saturated rings. The molecule has 0 spiro atoms. The van der Waals surface area contributed by atoms with Gasteiger partial charge >= 0.3 is 0 Å². The number of hydrogen-bond acceptors (Lipinski definition) is 5. The highest BCUT2D eigenvalue weighted by atomic mass is 19.1. The van der Waals surface area contributed by atoms with Gasteiger partial charge in [-0.05, 0) is 44.7 Å². The quantitative estimate of drug-likeness (QED) is 0.760. The van der Waals surface area contributed by atoms with Crippen molar-refractivity contribution < 1.29 is 23.1 Å². The number of amides is 1. The van der Waals surface area contributed by atoms with E-state index in [4.69, 9.17) is 13.9 Å². The van der Waals surface area contributed by atoms with Crippen molar-refractivity contribution in [1.29, 1.82) is 0 Å². The third-order valence-corrected chi connectivity index (χ3v) is 4.92. The molecule has 2 aromatic rings. The largest absolute Gasteiger partial charge is 0.487 e. The summed E-state index contributed by atoms with van der Waals surface area (Å²) >= 11 is 0. The van der Waals surface area contributed by atoms with Crippen molar-refractivity contribution in [2.75, 3.05) is 6.61 Å². The van der Waals surface area contributed by atoms with Gasteiger partial charge in [0, 0.05) is 18.9 Å². The number of benzene rings is 1. The van der Waals surface area contributed by atoms with E-state index in [0.29, 0.717) is 18.0 Å². The highest BCUT2D eigenvalue weighted by Gasteiger charge is 2.25. The summed E-state index contributed by atoms with van der Waals surface area (Å²) in [7, 11) is 0. The minimum Gasteiger partial charge on any atom is -0.487 e. The molecule has 0 bridgehead atoms. The molecule has 1 atom stereocenters. The number of carbonyl (C=O) groups is 1. The number of carbonyl (C=O) groups excluding carboxylic acids is 1. The van der Waals surface area contributed by atoms with E-state index in [1.807, 2.05) is 20.8 Å². The number of aromatic nitrogens is 1. The summed E-state index contributed by atoms with van der Waals surface area (Å²) in [4.78, 5) is 15.4. The molecule has 1 aromatic heterocycles. The molecule has 0 radical (unpaired) electrons. The molecule has 154 valence electrons. The maximum absolute atomic E-state index is 14.8. The molecule has 1 aromatic carbocycles. The van der Waals surface area contributed by atoms with Crippen molar-refractivity contribution >= 4 is 17.0 Å². The molecular weight excluding hydrogens is 363 g/mol. The van der Waals surface area contributed by atoms with Gasteiger partial charge in [0.25, 0.3) is 0 Å². The van der Waals surface area contributed by atoms with Crippen molar-refractivity contribution in [3.05, 3.63) is 23.8 Å². The maximum atomic E-state index is 14.8. The molecule has 3 rings (SSSR count). The first-order valence-corrected chi connectivity index (χ1v) is 9.97. The second kappa shape index (κ2) is 8.90. The number of rotatable bonds is 7. The fourth-order valence-corrected chi connectivity index (χ4v) is 3.46. The lowest BCUT2D eigenvalue weighted by Gasteiger charge is -2.29.